The van der Waals surface area contributed by atoms with Crippen molar-refractivity contribution in [2.75, 3.05) is 9.44 Å². The average molecular weight is 527 g/mol. The Balaban J connectivity index is 1.96. The molecule has 32 heavy (non-hydrogen) atoms. The third-order valence-corrected chi connectivity index (χ3v) is 7.34. The second kappa shape index (κ2) is 9.02. The van der Waals surface area contributed by atoms with Gasteiger partial charge < -0.3 is 4.55 Å². The molecular weight excluding hydrogens is 512 g/mol. The van der Waals surface area contributed by atoms with Crippen molar-refractivity contribution in [2.45, 2.75) is 22.9 Å². The van der Waals surface area contributed by atoms with Crippen LogP contribution in [-0.2, 0) is 34.6 Å². The summed E-state index contributed by atoms with van der Waals surface area (Å²) >= 11 is 9.53. The second-order valence-corrected chi connectivity index (χ2v) is 10.3. The van der Waals surface area contributed by atoms with Crippen molar-refractivity contribution in [3.63, 3.8) is 0 Å². The molecule has 172 valence electrons. The third kappa shape index (κ3) is 5.44. The average Bonchev–Trinajstić information content (AvgIpc) is 3.12. The largest absolute Gasteiger partial charge is 0.588 e. The maximum Gasteiger partial charge on any atom is 0.418 e. The molecule has 0 spiro atoms. The highest BCUT2D eigenvalue weighted by Crippen LogP contribution is 2.37. The molecule has 1 unspecified atom stereocenters. The number of sulfonamides is 1. The number of nitrogens with one attached hydrogen (secondary N) is 2. The molecule has 0 saturated heterocycles. The molecule has 2 N–H and O–H groups in total. The fourth-order valence-corrected chi connectivity index (χ4v) is 4.93. The molecular formula is C18H15Cl2F3N4O3S2. The minimum Gasteiger partial charge on any atom is -0.588 e. The molecule has 0 fully saturated rings. The summed E-state index contributed by atoms with van der Waals surface area (Å²) in [5, 5.41) is 3.49. The fourth-order valence-electron chi connectivity index (χ4n) is 2.59. The zero-order valence-corrected chi connectivity index (χ0v) is 19.5. The van der Waals surface area contributed by atoms with Gasteiger partial charge in [0, 0.05) is 24.3 Å². The summed E-state index contributed by atoms with van der Waals surface area (Å²) in [4.78, 5) is -0.341. The number of rotatable bonds is 6. The lowest BCUT2D eigenvalue weighted by molar-refractivity contribution is -0.137. The smallest absolute Gasteiger partial charge is 0.418 e. The Morgan fingerprint density at radius 3 is 2.41 bits per heavy atom. The van der Waals surface area contributed by atoms with Gasteiger partial charge in [-0.05, 0) is 36.8 Å². The summed E-state index contributed by atoms with van der Waals surface area (Å²) < 4.78 is 83.6. The Hall–Kier alpha value is -2.12. The molecule has 7 nitrogen and oxygen atoms in total. The van der Waals surface area contributed by atoms with E-state index in [4.69, 9.17) is 23.2 Å². The van der Waals surface area contributed by atoms with Gasteiger partial charge in [-0.25, -0.2) is 13.1 Å². The highest BCUT2D eigenvalue weighted by Gasteiger charge is 2.35. The maximum absolute atomic E-state index is 13.1. The SMILES string of the molecule is Cc1cc(N[S+]([O-])c2ccc(Cl)c(C(F)(F)F)c2)c(NS(=O)(=O)c2cnn(C)c2)cc1Cl. The zero-order chi connectivity index (χ0) is 23.8. The molecule has 3 aromatic rings. The lowest BCUT2D eigenvalue weighted by Gasteiger charge is -2.18. The first-order chi connectivity index (χ1) is 14.8. The highest BCUT2D eigenvalue weighted by atomic mass is 35.5. The first-order valence-electron chi connectivity index (χ1n) is 8.65. The van der Waals surface area contributed by atoms with Gasteiger partial charge in [0.2, 0.25) is 0 Å². The number of aryl methyl sites for hydroxylation is 2. The molecule has 1 aromatic heterocycles. The molecule has 14 heteroatoms. The standard InChI is InChI=1S/C18H15Cl2F3N4O3S2/c1-10-5-16(25-31(28)11-3-4-14(19)13(6-11)18(21,22)23)17(7-15(10)20)26-32(29,30)12-8-24-27(2)9-12/h3-9,25-26H,1-2H3. The van der Waals surface area contributed by atoms with Gasteiger partial charge in [0.05, 0.1) is 22.5 Å². The van der Waals surface area contributed by atoms with E-state index in [1.54, 1.807) is 14.0 Å². The lowest BCUT2D eigenvalue weighted by Crippen LogP contribution is -2.18. The summed E-state index contributed by atoms with van der Waals surface area (Å²) in [5.74, 6) is 0. The van der Waals surface area contributed by atoms with Crippen molar-refractivity contribution in [3.05, 3.63) is 63.9 Å². The van der Waals surface area contributed by atoms with Crippen molar-refractivity contribution < 1.29 is 26.1 Å². The molecule has 0 radical (unpaired) electrons. The second-order valence-electron chi connectivity index (χ2n) is 6.61. The van der Waals surface area contributed by atoms with Gasteiger partial charge in [0.1, 0.15) is 21.9 Å². The van der Waals surface area contributed by atoms with E-state index in [-0.39, 0.29) is 26.2 Å². The van der Waals surface area contributed by atoms with Crippen molar-refractivity contribution in [3.8, 4) is 0 Å². The Kier molecular flexibility index (Phi) is 6.91. The van der Waals surface area contributed by atoms with Crippen LogP contribution in [0.2, 0.25) is 10.0 Å². The molecule has 0 saturated carbocycles. The Morgan fingerprint density at radius 1 is 1.12 bits per heavy atom. The zero-order valence-electron chi connectivity index (χ0n) is 16.4. The van der Waals surface area contributed by atoms with Crippen LogP contribution in [0.1, 0.15) is 11.1 Å². The van der Waals surface area contributed by atoms with E-state index >= 15 is 0 Å². The van der Waals surface area contributed by atoms with E-state index in [9.17, 15) is 26.1 Å². The van der Waals surface area contributed by atoms with Crippen LogP contribution in [-0.4, -0.2) is 22.8 Å². The normalized spacial score (nSPS) is 13.1. The molecule has 2 aromatic carbocycles. The Bertz CT molecular complexity index is 1270. The molecule has 0 aliphatic heterocycles. The van der Waals surface area contributed by atoms with Crippen molar-refractivity contribution in [1.29, 1.82) is 0 Å². The molecule has 1 heterocycles. The van der Waals surface area contributed by atoms with Gasteiger partial charge in [-0.2, -0.15) is 18.3 Å². The molecule has 0 amide bonds. The van der Waals surface area contributed by atoms with Crippen LogP contribution >= 0.6 is 23.2 Å². The molecule has 3 rings (SSSR count). The van der Waals surface area contributed by atoms with E-state index in [1.807, 2.05) is 0 Å². The minimum atomic E-state index is -4.74. The summed E-state index contributed by atoms with van der Waals surface area (Å²) in [6.45, 7) is 1.62. The van der Waals surface area contributed by atoms with E-state index in [2.05, 4.69) is 14.5 Å². The van der Waals surface area contributed by atoms with Crippen LogP contribution < -0.4 is 9.44 Å². The van der Waals surface area contributed by atoms with E-state index < -0.39 is 38.1 Å². The molecule has 0 aliphatic carbocycles. The topological polar surface area (TPSA) is 99.1 Å². The van der Waals surface area contributed by atoms with Crippen molar-refractivity contribution in [1.82, 2.24) is 9.78 Å². The van der Waals surface area contributed by atoms with Gasteiger partial charge in [-0.1, -0.05) is 23.2 Å². The van der Waals surface area contributed by atoms with E-state index in [0.717, 1.165) is 12.3 Å². The van der Waals surface area contributed by atoms with Gasteiger partial charge in [-0.3, -0.25) is 9.40 Å². The molecule has 0 bridgehead atoms. The minimum absolute atomic E-state index is 0.0428. The van der Waals surface area contributed by atoms with Gasteiger partial charge >= 0.3 is 6.18 Å². The first-order valence-corrected chi connectivity index (χ1v) is 12.0. The number of aromatic nitrogens is 2. The summed E-state index contributed by atoms with van der Waals surface area (Å²) in [6.07, 6.45) is -2.33. The number of halogens is 5. The number of hydrogen-bond acceptors (Lipinski definition) is 5. The monoisotopic (exact) mass is 526 g/mol. The van der Waals surface area contributed by atoms with Crippen LogP contribution in [0, 0.1) is 6.92 Å². The van der Waals surface area contributed by atoms with E-state index in [1.165, 1.54) is 29.1 Å². The Labute approximate surface area is 194 Å². The summed E-state index contributed by atoms with van der Waals surface area (Å²) in [6, 6.07) is 5.53. The van der Waals surface area contributed by atoms with Crippen LogP contribution in [0.3, 0.4) is 0 Å². The number of anilines is 2. The Morgan fingerprint density at radius 2 is 1.81 bits per heavy atom. The van der Waals surface area contributed by atoms with Gasteiger partial charge in [0.25, 0.3) is 10.0 Å². The van der Waals surface area contributed by atoms with Crippen LogP contribution in [0.5, 0.6) is 0 Å². The lowest BCUT2D eigenvalue weighted by atomic mass is 10.2. The van der Waals surface area contributed by atoms with E-state index in [0.29, 0.717) is 11.6 Å². The predicted octanol–water partition coefficient (Wildman–Crippen LogP) is 4.99. The number of nitrogens with zero attached hydrogens (tertiary/aromatic N) is 2. The number of alkyl halides is 3. The van der Waals surface area contributed by atoms with Gasteiger partial charge in [0.15, 0.2) is 4.90 Å². The van der Waals surface area contributed by atoms with Crippen molar-refractivity contribution >= 4 is 56.0 Å². The fraction of sp³-hybridized carbons (Fsp3) is 0.167. The number of hydrogen-bond donors (Lipinski definition) is 2. The van der Waals surface area contributed by atoms with Crippen LogP contribution in [0.15, 0.2) is 52.5 Å². The quantitative estimate of drug-likeness (QED) is 0.441. The van der Waals surface area contributed by atoms with Crippen molar-refractivity contribution in [2.24, 2.45) is 7.05 Å². The molecule has 1 atom stereocenters. The van der Waals surface area contributed by atoms with Crippen LogP contribution in [0.25, 0.3) is 0 Å². The first kappa shape index (κ1) is 24.5. The van der Waals surface area contributed by atoms with Crippen LogP contribution in [0.4, 0.5) is 24.5 Å². The number of benzene rings is 2. The summed E-state index contributed by atoms with van der Waals surface area (Å²) in [5.41, 5.74) is -0.636. The third-order valence-electron chi connectivity index (χ3n) is 4.19. The summed E-state index contributed by atoms with van der Waals surface area (Å²) in [7, 11) is -2.53. The maximum atomic E-state index is 13.1. The highest BCUT2D eigenvalue weighted by molar-refractivity contribution is 7.93. The predicted molar refractivity (Wildman–Crippen MR) is 117 cm³/mol. The molecule has 0 aliphatic rings. The van der Waals surface area contributed by atoms with Gasteiger partial charge in [-0.15, -0.1) is 0 Å².